The molecule has 1 spiro atoms. The maximum absolute atomic E-state index is 15.0. The summed E-state index contributed by atoms with van der Waals surface area (Å²) >= 11 is 6.62. The van der Waals surface area contributed by atoms with Crippen LogP contribution in [0.2, 0.25) is 5.02 Å². The molecule has 3 heterocycles. The van der Waals surface area contributed by atoms with Gasteiger partial charge in [-0.3, -0.25) is 14.4 Å². The average Bonchev–Trinajstić information content (AvgIpc) is 3.66. The number of hydrogen-bond donors (Lipinski definition) is 1. The molecule has 8 nitrogen and oxygen atoms in total. The summed E-state index contributed by atoms with van der Waals surface area (Å²) < 4.78 is 7.03. The number of nitrogens with zero attached hydrogens (tertiary/aromatic N) is 3. The van der Waals surface area contributed by atoms with E-state index in [0.717, 1.165) is 0 Å². The van der Waals surface area contributed by atoms with Crippen molar-refractivity contribution in [2.45, 2.75) is 69.7 Å². The van der Waals surface area contributed by atoms with E-state index in [-0.39, 0.29) is 43.3 Å². The van der Waals surface area contributed by atoms with Crippen molar-refractivity contribution in [2.75, 3.05) is 29.5 Å². The normalized spacial score (nSPS) is 28.0. The first-order valence-electron chi connectivity index (χ1n) is 15.9. The van der Waals surface area contributed by atoms with Crippen molar-refractivity contribution in [1.29, 1.82) is 0 Å². The minimum atomic E-state index is -1.26. The number of para-hydroxylation sites is 2. The Labute approximate surface area is 271 Å². The number of anilines is 2. The first kappa shape index (κ1) is 32.9. The van der Waals surface area contributed by atoms with Crippen molar-refractivity contribution in [2.24, 2.45) is 17.8 Å². The van der Waals surface area contributed by atoms with Crippen LogP contribution in [0.1, 0.15) is 46.5 Å². The molecular formula is C36H44ClN3O5. The Hall–Kier alpha value is -3.46. The van der Waals surface area contributed by atoms with Gasteiger partial charge in [-0.2, -0.15) is 0 Å². The number of fused-ring (bicyclic) bond motifs is 1. The third-order valence-electron chi connectivity index (χ3n) is 10.3. The molecule has 3 fully saturated rings. The number of aliphatic hydroxyl groups is 1. The van der Waals surface area contributed by atoms with E-state index in [2.05, 4.69) is 13.2 Å². The third-order valence-corrected chi connectivity index (χ3v) is 10.7. The van der Waals surface area contributed by atoms with Crippen LogP contribution >= 0.6 is 11.6 Å². The summed E-state index contributed by atoms with van der Waals surface area (Å²) in [4.78, 5) is 49.4. The van der Waals surface area contributed by atoms with Crippen LogP contribution in [-0.2, 0) is 19.1 Å². The summed E-state index contributed by atoms with van der Waals surface area (Å²) in [6, 6.07) is 14.7. The molecule has 2 aromatic rings. The topological polar surface area (TPSA) is 90.4 Å². The number of aliphatic hydroxyl groups excluding tert-OH is 1. The van der Waals surface area contributed by atoms with E-state index in [4.69, 9.17) is 16.3 Å². The highest BCUT2D eigenvalue weighted by Gasteiger charge is 2.79. The van der Waals surface area contributed by atoms with Crippen molar-refractivity contribution >= 4 is 40.7 Å². The molecule has 3 amide bonds. The lowest BCUT2D eigenvalue weighted by atomic mass is 9.64. The van der Waals surface area contributed by atoms with Gasteiger partial charge in [-0.15, -0.1) is 13.2 Å². The van der Waals surface area contributed by atoms with Crippen LogP contribution in [0.15, 0.2) is 79.9 Å². The minimum Gasteiger partial charge on any atom is -0.394 e. The van der Waals surface area contributed by atoms with E-state index >= 15 is 0 Å². The number of halogens is 1. The zero-order chi connectivity index (χ0) is 32.5. The van der Waals surface area contributed by atoms with Gasteiger partial charge in [-0.05, 0) is 49.4 Å². The van der Waals surface area contributed by atoms with Crippen LogP contribution in [0.25, 0.3) is 0 Å². The van der Waals surface area contributed by atoms with Gasteiger partial charge in [-0.25, -0.2) is 0 Å². The Kier molecular flexibility index (Phi) is 9.59. The Bertz CT molecular complexity index is 1450. The van der Waals surface area contributed by atoms with Crippen LogP contribution in [0.4, 0.5) is 11.4 Å². The Balaban J connectivity index is 1.68. The molecule has 5 rings (SSSR count). The Morgan fingerprint density at radius 3 is 2.29 bits per heavy atom. The van der Waals surface area contributed by atoms with Gasteiger partial charge in [0.05, 0.1) is 40.8 Å². The summed E-state index contributed by atoms with van der Waals surface area (Å²) in [5, 5.41) is 11.1. The predicted octanol–water partition coefficient (Wildman–Crippen LogP) is 5.64. The van der Waals surface area contributed by atoms with Gasteiger partial charge < -0.3 is 24.5 Å². The van der Waals surface area contributed by atoms with Crippen molar-refractivity contribution in [3.63, 3.8) is 0 Å². The lowest BCUT2D eigenvalue weighted by Crippen LogP contribution is -2.60. The summed E-state index contributed by atoms with van der Waals surface area (Å²) in [6.07, 6.45) is 5.43. The minimum absolute atomic E-state index is 0.120. The molecular weight excluding hydrogens is 590 g/mol. The molecule has 3 aliphatic rings. The summed E-state index contributed by atoms with van der Waals surface area (Å²) in [7, 11) is 0. The van der Waals surface area contributed by atoms with Gasteiger partial charge in [0.1, 0.15) is 11.6 Å². The monoisotopic (exact) mass is 633 g/mol. The van der Waals surface area contributed by atoms with E-state index in [9.17, 15) is 19.5 Å². The molecule has 0 aliphatic carbocycles. The first-order chi connectivity index (χ1) is 21.7. The smallest absolute Gasteiger partial charge is 0.253 e. The van der Waals surface area contributed by atoms with E-state index in [0.29, 0.717) is 42.1 Å². The maximum Gasteiger partial charge on any atom is 0.253 e. The first-order valence-corrected chi connectivity index (χ1v) is 16.3. The van der Waals surface area contributed by atoms with E-state index in [1.165, 1.54) is 0 Å². The molecule has 9 heteroatoms. The second-order valence-corrected chi connectivity index (χ2v) is 12.9. The zero-order valence-corrected chi connectivity index (χ0v) is 27.2. The zero-order valence-electron chi connectivity index (χ0n) is 26.4. The van der Waals surface area contributed by atoms with Crippen LogP contribution in [0, 0.1) is 17.8 Å². The van der Waals surface area contributed by atoms with E-state index in [1.54, 1.807) is 51.1 Å². The number of rotatable bonds is 13. The van der Waals surface area contributed by atoms with Crippen LogP contribution in [0.3, 0.4) is 0 Å². The highest BCUT2D eigenvalue weighted by molar-refractivity contribution is 6.34. The van der Waals surface area contributed by atoms with Gasteiger partial charge in [0, 0.05) is 18.8 Å². The summed E-state index contributed by atoms with van der Waals surface area (Å²) in [5.74, 6) is -2.77. The van der Waals surface area contributed by atoms with Crippen LogP contribution in [0.5, 0.6) is 0 Å². The summed E-state index contributed by atoms with van der Waals surface area (Å²) in [6.45, 7) is 13.8. The lowest BCUT2D eigenvalue weighted by molar-refractivity contribution is -0.150. The Morgan fingerprint density at radius 2 is 1.69 bits per heavy atom. The second-order valence-electron chi connectivity index (χ2n) is 12.5. The van der Waals surface area contributed by atoms with Crippen molar-refractivity contribution in [1.82, 2.24) is 4.90 Å². The maximum atomic E-state index is 15.0. The number of amides is 3. The number of carbonyl (C=O) groups excluding carboxylic acids is 3. The van der Waals surface area contributed by atoms with Crippen molar-refractivity contribution in [3.05, 3.63) is 84.9 Å². The molecule has 7 atom stereocenters. The lowest BCUT2D eigenvalue weighted by Gasteiger charge is -2.41. The number of benzene rings is 2. The van der Waals surface area contributed by atoms with E-state index in [1.807, 2.05) is 51.1 Å². The molecule has 1 N–H and O–H groups in total. The fourth-order valence-corrected chi connectivity index (χ4v) is 8.20. The van der Waals surface area contributed by atoms with Crippen LogP contribution in [-0.4, -0.2) is 70.7 Å². The van der Waals surface area contributed by atoms with Crippen molar-refractivity contribution in [3.8, 4) is 0 Å². The molecule has 0 radical (unpaired) electrons. The molecule has 0 saturated carbocycles. The van der Waals surface area contributed by atoms with Crippen molar-refractivity contribution < 1.29 is 24.2 Å². The second kappa shape index (κ2) is 13.1. The van der Waals surface area contributed by atoms with Gasteiger partial charge in [-0.1, -0.05) is 81.3 Å². The van der Waals surface area contributed by atoms with Gasteiger partial charge in [0.2, 0.25) is 11.8 Å². The average molecular weight is 634 g/mol. The molecule has 2 aromatic carbocycles. The molecule has 3 saturated heterocycles. The molecule has 2 bridgehead atoms. The fourth-order valence-electron chi connectivity index (χ4n) is 7.96. The predicted molar refractivity (Wildman–Crippen MR) is 177 cm³/mol. The number of hydrogen-bond acceptors (Lipinski definition) is 5. The fraction of sp³-hybridized carbons (Fsp3) is 0.472. The highest BCUT2D eigenvalue weighted by Crippen LogP contribution is 2.65. The largest absolute Gasteiger partial charge is 0.394 e. The molecule has 2 unspecified atom stereocenters. The Morgan fingerprint density at radius 1 is 1.04 bits per heavy atom. The van der Waals surface area contributed by atoms with Crippen LogP contribution < -0.4 is 9.80 Å². The van der Waals surface area contributed by atoms with Gasteiger partial charge in [0.25, 0.3) is 5.91 Å². The quantitative estimate of drug-likeness (QED) is 0.288. The van der Waals surface area contributed by atoms with Gasteiger partial charge >= 0.3 is 0 Å². The highest BCUT2D eigenvalue weighted by atomic mass is 35.5. The number of ether oxygens (including phenoxy) is 1. The van der Waals surface area contributed by atoms with Gasteiger partial charge in [0.15, 0.2) is 0 Å². The molecule has 0 aromatic heterocycles. The molecule has 3 aliphatic heterocycles. The summed E-state index contributed by atoms with van der Waals surface area (Å²) in [5.41, 5.74) is -0.992. The number of carbonyl (C=O) groups is 3. The third kappa shape index (κ3) is 5.21. The van der Waals surface area contributed by atoms with E-state index < -0.39 is 35.1 Å². The molecule has 45 heavy (non-hydrogen) atoms. The molecule has 240 valence electrons. The standard InChI is InChI=1S/C36H44ClN3O5/c1-6-21-38(25-15-11-10-12-16-25)32(42)29-30-33(43)40(28(23-41)24(5)8-3)31(36(30)20-19-35(29,9-4)45-36)34(44)39(22-7-2)27-18-14-13-17-26(27)37/h6-7,10-18,24,28-31,41H,1-2,8-9,19-23H2,3-5H3/t24-,28-,29-,30-,31?,35+,36?/m0/s1. The number of likely N-dealkylation sites (tertiary alicyclic amines) is 1. The SMILES string of the molecule is C=CCN(C(=O)[C@@H]1[C@H]2C(=O)N([C@@H](CO)[C@@H](C)CC)C(C(=O)N(CC=C)c3ccccc3Cl)C23CC[C@@]1(CC)O3)c1ccccc1.